The number of halogens is 3. The third kappa shape index (κ3) is 3.85. The van der Waals surface area contributed by atoms with Gasteiger partial charge in [0, 0.05) is 12.3 Å². The molecule has 0 atom stereocenters. The molecule has 13 heteroatoms. The molecule has 1 N–H and O–H groups in total. The Bertz CT molecular complexity index is 1170. The minimum atomic E-state index is -4.30. The van der Waals surface area contributed by atoms with Gasteiger partial charge in [-0.3, -0.25) is 9.12 Å². The van der Waals surface area contributed by atoms with Gasteiger partial charge in [-0.05, 0) is 18.6 Å². The van der Waals surface area contributed by atoms with Crippen molar-refractivity contribution in [3.8, 4) is 17.5 Å². The molecule has 0 fully saturated rings. The summed E-state index contributed by atoms with van der Waals surface area (Å²) in [5.74, 6) is -2.42. The molecule has 3 aromatic heterocycles. The summed E-state index contributed by atoms with van der Waals surface area (Å²) < 4.78 is 81.7. The van der Waals surface area contributed by atoms with Crippen molar-refractivity contribution in [2.75, 3.05) is 18.9 Å². The number of nitrogens with zero attached hydrogens (tertiary/aromatic N) is 3. The van der Waals surface area contributed by atoms with Crippen molar-refractivity contribution in [3.05, 3.63) is 35.9 Å². The van der Waals surface area contributed by atoms with Crippen molar-refractivity contribution in [1.29, 1.82) is 0 Å². The Kier molecular flexibility index (Phi) is 5.42. The van der Waals surface area contributed by atoms with Gasteiger partial charge in [0.05, 0.1) is 20.4 Å². The quantitative estimate of drug-likeness (QED) is 0.612. The second-order valence-corrected chi connectivity index (χ2v) is 7.27. The van der Waals surface area contributed by atoms with Crippen molar-refractivity contribution < 1.29 is 35.8 Å². The lowest BCUT2D eigenvalue weighted by atomic mass is 10.3. The molecule has 3 rings (SSSR count). The van der Waals surface area contributed by atoms with E-state index < -0.39 is 39.9 Å². The first kappa shape index (κ1) is 20.5. The third-order valence-corrected chi connectivity index (χ3v) is 5.17. The molecule has 0 aliphatic heterocycles. The molecule has 0 aliphatic carbocycles. The van der Waals surface area contributed by atoms with E-state index in [0.717, 1.165) is 18.9 Å². The number of nitrogens with one attached hydrogen (secondary N) is 1. The van der Waals surface area contributed by atoms with Gasteiger partial charge >= 0.3 is 6.61 Å². The second kappa shape index (κ2) is 7.66. The van der Waals surface area contributed by atoms with Gasteiger partial charge in [0.1, 0.15) is 5.69 Å². The molecule has 3 heterocycles. The Morgan fingerprint density at radius 2 is 1.93 bits per heavy atom. The average Bonchev–Trinajstić information content (AvgIpc) is 3.08. The number of rotatable bonds is 7. The molecule has 0 aromatic carbocycles. The number of sulfonamides is 1. The maximum Gasteiger partial charge on any atom is 0.388 e. The Morgan fingerprint density at radius 3 is 2.55 bits per heavy atom. The van der Waals surface area contributed by atoms with Gasteiger partial charge in [-0.15, -0.1) is 0 Å². The number of imidazole rings is 1. The number of fused-ring (bicyclic) bond motifs is 1. The first-order valence-corrected chi connectivity index (χ1v) is 9.39. The van der Waals surface area contributed by atoms with Crippen LogP contribution in [0.2, 0.25) is 0 Å². The molecule has 0 saturated heterocycles. The largest absolute Gasteiger partial charge is 0.493 e. The Morgan fingerprint density at radius 1 is 1.21 bits per heavy atom. The number of ether oxygens (including phenoxy) is 3. The molecule has 0 saturated carbocycles. The summed E-state index contributed by atoms with van der Waals surface area (Å²) in [6.07, 6.45) is 2.56. The maximum atomic E-state index is 14.0. The third-order valence-electron chi connectivity index (χ3n) is 3.82. The van der Waals surface area contributed by atoms with Crippen molar-refractivity contribution >= 4 is 21.4 Å². The van der Waals surface area contributed by atoms with E-state index in [4.69, 9.17) is 9.47 Å². The molecule has 0 spiro atoms. The first-order valence-electron chi connectivity index (χ1n) is 7.90. The zero-order valence-corrected chi connectivity index (χ0v) is 16.1. The van der Waals surface area contributed by atoms with E-state index in [1.165, 1.54) is 17.7 Å². The minimum Gasteiger partial charge on any atom is -0.493 e. The summed E-state index contributed by atoms with van der Waals surface area (Å²) in [5, 5.41) is -0.277. The highest BCUT2D eigenvalue weighted by molar-refractivity contribution is 7.92. The highest BCUT2D eigenvalue weighted by Gasteiger charge is 2.25. The summed E-state index contributed by atoms with van der Waals surface area (Å²) in [6, 6.07) is 2.25. The molecule has 29 heavy (non-hydrogen) atoms. The molecule has 9 nitrogen and oxygen atoms in total. The van der Waals surface area contributed by atoms with Crippen molar-refractivity contribution in [2.45, 2.75) is 18.6 Å². The summed E-state index contributed by atoms with van der Waals surface area (Å²) in [7, 11) is -1.77. The average molecular weight is 432 g/mol. The van der Waals surface area contributed by atoms with Gasteiger partial charge in [0.2, 0.25) is 5.88 Å². The monoisotopic (exact) mass is 432 g/mol. The second-order valence-electron chi connectivity index (χ2n) is 5.64. The summed E-state index contributed by atoms with van der Waals surface area (Å²) in [6.45, 7) is -1.55. The van der Waals surface area contributed by atoms with Crippen molar-refractivity contribution in [2.24, 2.45) is 0 Å². The summed E-state index contributed by atoms with van der Waals surface area (Å²) in [4.78, 5) is 7.49. The number of aryl methyl sites for hydroxylation is 1. The molecule has 156 valence electrons. The zero-order valence-electron chi connectivity index (χ0n) is 15.3. The van der Waals surface area contributed by atoms with Gasteiger partial charge in [-0.1, -0.05) is 0 Å². The van der Waals surface area contributed by atoms with Crippen LogP contribution in [0.15, 0.2) is 29.6 Å². The molecule has 0 aliphatic rings. The van der Waals surface area contributed by atoms with Crippen LogP contribution in [0.3, 0.4) is 0 Å². The normalized spacial score (nSPS) is 11.7. The fourth-order valence-corrected chi connectivity index (χ4v) is 3.73. The lowest BCUT2D eigenvalue weighted by Crippen LogP contribution is -2.17. The minimum absolute atomic E-state index is 0.254. The predicted molar refractivity (Wildman–Crippen MR) is 94.7 cm³/mol. The van der Waals surface area contributed by atoms with E-state index in [2.05, 4.69) is 19.4 Å². The number of hydrogen-bond donors (Lipinski definition) is 1. The van der Waals surface area contributed by atoms with E-state index in [1.807, 2.05) is 0 Å². The fraction of sp³-hybridized carbons (Fsp3) is 0.250. The van der Waals surface area contributed by atoms with Crippen LogP contribution in [-0.4, -0.2) is 43.6 Å². The van der Waals surface area contributed by atoms with Crippen LogP contribution in [0.25, 0.3) is 5.65 Å². The molecule has 3 aromatic rings. The maximum absolute atomic E-state index is 14.0. The van der Waals surface area contributed by atoms with Crippen molar-refractivity contribution in [1.82, 2.24) is 14.4 Å². The molecule has 0 radical (unpaired) electrons. The summed E-state index contributed by atoms with van der Waals surface area (Å²) >= 11 is 0. The highest BCUT2D eigenvalue weighted by Crippen LogP contribution is 2.31. The highest BCUT2D eigenvalue weighted by atomic mass is 32.2. The number of alkyl halides is 2. The first-order chi connectivity index (χ1) is 13.7. The Balaban J connectivity index is 2.04. The van der Waals surface area contributed by atoms with Crippen LogP contribution in [-0.2, 0) is 10.0 Å². The number of methoxy groups -OCH3 is 2. The Labute approximate surface area is 163 Å². The zero-order chi connectivity index (χ0) is 21.3. The van der Waals surface area contributed by atoms with E-state index in [0.29, 0.717) is 11.8 Å². The SMILES string of the molecule is COc1nc(OC(F)F)c(F)cc1NS(=O)(=O)c1cnc2c(OC)c(C)ccn12. The lowest BCUT2D eigenvalue weighted by Gasteiger charge is -2.13. The number of aromatic nitrogens is 3. The standard InChI is InChI=1S/C16H15F3N4O5S/c1-8-4-5-23-11(7-20-13(23)12(8)26-2)29(24,25)22-10-6-9(17)14(28-16(18)19)21-15(10)27-3/h4-7,16,22H,1-3H3. The molecule has 0 bridgehead atoms. The van der Waals surface area contributed by atoms with Gasteiger partial charge in [0.15, 0.2) is 22.2 Å². The van der Waals surface area contributed by atoms with Gasteiger partial charge in [0.25, 0.3) is 15.9 Å². The van der Waals surface area contributed by atoms with Crippen LogP contribution < -0.4 is 18.9 Å². The molecule has 0 amide bonds. The molecular formula is C16H15F3N4O5S. The van der Waals surface area contributed by atoms with Crippen LogP contribution in [0, 0.1) is 12.7 Å². The molecular weight excluding hydrogens is 417 g/mol. The smallest absolute Gasteiger partial charge is 0.388 e. The van der Waals surface area contributed by atoms with E-state index >= 15 is 0 Å². The van der Waals surface area contributed by atoms with Gasteiger partial charge in [-0.25, -0.2) is 9.37 Å². The van der Waals surface area contributed by atoms with Crippen LogP contribution in [0.4, 0.5) is 18.9 Å². The van der Waals surface area contributed by atoms with Gasteiger partial charge in [-0.2, -0.15) is 22.2 Å². The van der Waals surface area contributed by atoms with E-state index in [-0.39, 0.29) is 10.7 Å². The van der Waals surface area contributed by atoms with Crippen molar-refractivity contribution in [3.63, 3.8) is 0 Å². The fourth-order valence-electron chi connectivity index (χ4n) is 2.60. The molecule has 0 unspecified atom stereocenters. The number of anilines is 1. The number of pyridine rings is 2. The van der Waals surface area contributed by atoms with Crippen LogP contribution in [0.1, 0.15) is 5.56 Å². The lowest BCUT2D eigenvalue weighted by molar-refractivity contribution is -0.0555. The summed E-state index contributed by atoms with van der Waals surface area (Å²) in [5.41, 5.74) is 0.579. The van der Waals surface area contributed by atoms with Gasteiger partial charge < -0.3 is 14.2 Å². The van der Waals surface area contributed by atoms with Crippen LogP contribution in [0.5, 0.6) is 17.5 Å². The number of hydrogen-bond acceptors (Lipinski definition) is 7. The van der Waals surface area contributed by atoms with E-state index in [9.17, 15) is 21.6 Å². The topological polar surface area (TPSA) is 104 Å². The van der Waals surface area contributed by atoms with E-state index in [1.54, 1.807) is 13.0 Å². The predicted octanol–water partition coefficient (Wildman–Crippen LogP) is 2.60. The van der Waals surface area contributed by atoms with Crippen LogP contribution >= 0.6 is 0 Å². The Hall–Kier alpha value is -3.22.